The van der Waals surface area contributed by atoms with Gasteiger partial charge in [-0.3, -0.25) is 4.79 Å². The molecule has 1 aromatic carbocycles. The van der Waals surface area contributed by atoms with E-state index >= 15 is 0 Å². The molecule has 20 heavy (non-hydrogen) atoms. The van der Waals surface area contributed by atoms with Crippen molar-refractivity contribution in [1.82, 2.24) is 10.3 Å². The number of para-hydroxylation sites is 2. The van der Waals surface area contributed by atoms with Crippen molar-refractivity contribution in [3.05, 3.63) is 40.3 Å². The second kappa shape index (κ2) is 6.91. The third kappa shape index (κ3) is 4.24. The first-order valence-corrected chi connectivity index (χ1v) is 7.12. The summed E-state index contributed by atoms with van der Waals surface area (Å²) in [5.74, 6) is 0.545. The average molecular weight is 291 g/mol. The number of hydrogen-bond donors (Lipinski definition) is 2. The Labute approximate surface area is 121 Å². The van der Waals surface area contributed by atoms with Gasteiger partial charge >= 0.3 is 0 Å². The van der Waals surface area contributed by atoms with Gasteiger partial charge in [-0.05, 0) is 19.1 Å². The molecule has 0 fully saturated rings. The topological polar surface area (TPSA) is 77.2 Å². The summed E-state index contributed by atoms with van der Waals surface area (Å²) >= 11 is 1.58. The third-order valence-corrected chi connectivity index (χ3v) is 3.52. The largest absolute Gasteiger partial charge is 0.491 e. The molecule has 2 rings (SSSR count). The van der Waals surface area contributed by atoms with E-state index in [4.69, 9.17) is 10.5 Å². The molecule has 0 aliphatic rings. The van der Waals surface area contributed by atoms with Crippen LogP contribution in [0.2, 0.25) is 0 Å². The van der Waals surface area contributed by atoms with Crippen LogP contribution in [-0.4, -0.2) is 17.5 Å². The summed E-state index contributed by atoms with van der Waals surface area (Å²) in [4.78, 5) is 17.0. The summed E-state index contributed by atoms with van der Waals surface area (Å²) in [6.45, 7) is 2.75. The van der Waals surface area contributed by atoms with Crippen molar-refractivity contribution in [1.29, 1.82) is 0 Å². The molecule has 0 saturated heterocycles. The number of hydrogen-bond acceptors (Lipinski definition) is 5. The van der Waals surface area contributed by atoms with Crippen molar-refractivity contribution < 1.29 is 9.53 Å². The molecule has 0 atom stereocenters. The fourth-order valence-corrected chi connectivity index (χ4v) is 2.34. The van der Waals surface area contributed by atoms with E-state index < -0.39 is 0 Å². The van der Waals surface area contributed by atoms with Crippen LogP contribution in [0, 0.1) is 6.92 Å². The normalized spacial score (nSPS) is 10.2. The number of nitrogens with zero attached hydrogens (tertiary/aromatic N) is 1. The summed E-state index contributed by atoms with van der Waals surface area (Å²) in [7, 11) is 0. The monoisotopic (exact) mass is 291 g/mol. The first kappa shape index (κ1) is 14.3. The highest BCUT2D eigenvalue weighted by atomic mass is 32.1. The van der Waals surface area contributed by atoms with E-state index in [0.29, 0.717) is 31.0 Å². The molecule has 1 heterocycles. The van der Waals surface area contributed by atoms with Gasteiger partial charge < -0.3 is 15.8 Å². The molecule has 6 heteroatoms. The van der Waals surface area contributed by atoms with Gasteiger partial charge in [0.2, 0.25) is 5.91 Å². The Hall–Kier alpha value is -2.08. The van der Waals surface area contributed by atoms with Crippen molar-refractivity contribution in [3.8, 4) is 5.75 Å². The molecular formula is C14H17N3O2S. The smallest absolute Gasteiger partial charge is 0.223 e. The summed E-state index contributed by atoms with van der Waals surface area (Å²) in [6.07, 6.45) is 2.09. The number of rotatable bonds is 6. The lowest BCUT2D eigenvalue weighted by Crippen LogP contribution is -2.24. The molecule has 0 aliphatic heterocycles. The molecule has 106 valence electrons. The number of aryl methyl sites for hydroxylation is 1. The van der Waals surface area contributed by atoms with Crippen LogP contribution in [0.4, 0.5) is 5.69 Å². The van der Waals surface area contributed by atoms with Crippen LogP contribution in [0.15, 0.2) is 30.5 Å². The lowest BCUT2D eigenvalue weighted by Gasteiger charge is -2.08. The van der Waals surface area contributed by atoms with Gasteiger partial charge in [0, 0.05) is 11.1 Å². The van der Waals surface area contributed by atoms with E-state index in [1.54, 1.807) is 29.7 Å². The van der Waals surface area contributed by atoms with Crippen LogP contribution in [0.3, 0.4) is 0 Å². The summed E-state index contributed by atoms with van der Waals surface area (Å²) in [5.41, 5.74) is 6.32. The zero-order valence-electron chi connectivity index (χ0n) is 11.3. The number of nitrogens with one attached hydrogen (secondary N) is 1. The molecule has 0 unspecified atom stereocenters. The number of nitrogen functional groups attached to an aromatic ring is 1. The van der Waals surface area contributed by atoms with Crippen LogP contribution >= 0.6 is 11.3 Å². The van der Waals surface area contributed by atoms with Crippen molar-refractivity contribution in [2.45, 2.75) is 19.9 Å². The zero-order chi connectivity index (χ0) is 14.4. The minimum absolute atomic E-state index is 0.0626. The van der Waals surface area contributed by atoms with Gasteiger partial charge in [0.25, 0.3) is 0 Å². The Morgan fingerprint density at radius 2 is 2.25 bits per heavy atom. The predicted octanol–water partition coefficient (Wildman–Crippen LogP) is 2.12. The number of aromatic nitrogens is 1. The van der Waals surface area contributed by atoms with Crippen molar-refractivity contribution in [2.75, 3.05) is 12.3 Å². The highest BCUT2D eigenvalue weighted by Crippen LogP contribution is 2.19. The average Bonchev–Trinajstić information content (AvgIpc) is 2.84. The lowest BCUT2D eigenvalue weighted by atomic mass is 10.3. The van der Waals surface area contributed by atoms with Crippen LogP contribution in [-0.2, 0) is 11.3 Å². The highest BCUT2D eigenvalue weighted by Gasteiger charge is 2.05. The van der Waals surface area contributed by atoms with Crippen molar-refractivity contribution >= 4 is 22.9 Å². The second-order valence-electron chi connectivity index (χ2n) is 4.28. The van der Waals surface area contributed by atoms with E-state index in [-0.39, 0.29) is 5.91 Å². The van der Waals surface area contributed by atoms with Crippen LogP contribution in [0.1, 0.15) is 16.3 Å². The van der Waals surface area contributed by atoms with Crippen molar-refractivity contribution in [3.63, 3.8) is 0 Å². The number of benzene rings is 1. The van der Waals surface area contributed by atoms with E-state index in [0.717, 1.165) is 9.88 Å². The SMILES string of the molecule is Cc1cnc(CNC(=O)CCOc2ccccc2N)s1. The number of thiazole rings is 1. The van der Waals surface area contributed by atoms with E-state index in [1.165, 1.54) is 0 Å². The van der Waals surface area contributed by atoms with Gasteiger partial charge in [0.05, 0.1) is 25.3 Å². The number of amides is 1. The summed E-state index contributed by atoms with van der Waals surface area (Å²) in [6, 6.07) is 7.23. The lowest BCUT2D eigenvalue weighted by molar-refractivity contribution is -0.121. The first-order chi connectivity index (χ1) is 9.65. The number of nitrogens with two attached hydrogens (primary N) is 1. The number of ether oxygens (including phenoxy) is 1. The maximum absolute atomic E-state index is 11.7. The van der Waals surface area contributed by atoms with Crippen LogP contribution in [0.25, 0.3) is 0 Å². The molecule has 0 bridgehead atoms. The van der Waals surface area contributed by atoms with Crippen molar-refractivity contribution in [2.24, 2.45) is 0 Å². The van der Waals surface area contributed by atoms with Gasteiger partial charge in [-0.1, -0.05) is 12.1 Å². The van der Waals surface area contributed by atoms with E-state index in [9.17, 15) is 4.79 Å². The standard InChI is InChI=1S/C14H17N3O2S/c1-10-8-17-14(20-10)9-16-13(18)6-7-19-12-5-3-2-4-11(12)15/h2-5,8H,6-7,9,15H2,1H3,(H,16,18). The van der Waals surface area contributed by atoms with E-state index in [2.05, 4.69) is 10.3 Å². The Bertz CT molecular complexity index is 583. The van der Waals surface area contributed by atoms with Gasteiger partial charge in [0.15, 0.2) is 0 Å². The van der Waals surface area contributed by atoms with Gasteiger partial charge in [0.1, 0.15) is 10.8 Å². The quantitative estimate of drug-likeness (QED) is 0.799. The predicted molar refractivity (Wildman–Crippen MR) is 79.7 cm³/mol. The Kier molecular flexibility index (Phi) is 4.95. The molecule has 5 nitrogen and oxygen atoms in total. The molecule has 0 aliphatic carbocycles. The summed E-state index contributed by atoms with van der Waals surface area (Å²) < 4.78 is 5.46. The molecule has 1 aromatic heterocycles. The molecule has 2 aromatic rings. The third-order valence-electron chi connectivity index (χ3n) is 2.61. The Morgan fingerprint density at radius 3 is 2.95 bits per heavy atom. The summed E-state index contributed by atoms with van der Waals surface area (Å²) in [5, 5.41) is 3.72. The molecule has 3 N–H and O–H groups in total. The molecule has 0 saturated carbocycles. The number of carbonyl (C=O) groups excluding carboxylic acids is 1. The molecular weight excluding hydrogens is 274 g/mol. The maximum atomic E-state index is 11.7. The fourth-order valence-electron chi connectivity index (χ4n) is 1.61. The minimum Gasteiger partial charge on any atom is -0.491 e. The number of anilines is 1. The molecule has 1 amide bonds. The minimum atomic E-state index is -0.0626. The highest BCUT2D eigenvalue weighted by molar-refractivity contribution is 7.11. The Morgan fingerprint density at radius 1 is 1.45 bits per heavy atom. The molecule has 0 radical (unpaired) electrons. The van der Waals surface area contributed by atoms with Gasteiger partial charge in [-0.2, -0.15) is 0 Å². The fraction of sp³-hybridized carbons (Fsp3) is 0.286. The number of carbonyl (C=O) groups is 1. The zero-order valence-corrected chi connectivity index (χ0v) is 12.1. The maximum Gasteiger partial charge on any atom is 0.223 e. The van der Waals surface area contributed by atoms with Gasteiger partial charge in [-0.15, -0.1) is 11.3 Å². The molecule has 0 spiro atoms. The van der Waals surface area contributed by atoms with Crippen LogP contribution in [0.5, 0.6) is 5.75 Å². The first-order valence-electron chi connectivity index (χ1n) is 6.30. The Balaban J connectivity index is 1.69. The second-order valence-corrected chi connectivity index (χ2v) is 5.60. The van der Waals surface area contributed by atoms with Gasteiger partial charge in [-0.25, -0.2) is 4.98 Å². The van der Waals surface area contributed by atoms with Crippen LogP contribution < -0.4 is 15.8 Å². The van der Waals surface area contributed by atoms with E-state index in [1.807, 2.05) is 19.1 Å².